The molecule has 0 bridgehead atoms. The number of ether oxygens (including phenoxy) is 1. The smallest absolute Gasteiger partial charge is 0.269 e. The van der Waals surface area contributed by atoms with Gasteiger partial charge in [0.05, 0.1) is 40.8 Å². The predicted octanol–water partition coefficient (Wildman–Crippen LogP) is 3.19. The summed E-state index contributed by atoms with van der Waals surface area (Å²) < 4.78 is 5.30. The van der Waals surface area contributed by atoms with E-state index in [1.54, 1.807) is 36.5 Å². The maximum atomic E-state index is 12.2. The fourth-order valence-corrected chi connectivity index (χ4v) is 3.10. The Morgan fingerprint density at radius 2 is 1.88 bits per heavy atom. The minimum Gasteiger partial charge on any atom is -0.379 e. The quantitative estimate of drug-likeness (QED) is 0.787. The first kappa shape index (κ1) is 18.9. The number of hydrogen-bond acceptors (Lipinski definition) is 5. The van der Waals surface area contributed by atoms with Crippen molar-refractivity contribution in [2.75, 3.05) is 44.7 Å². The maximum Gasteiger partial charge on any atom is 0.269 e. The van der Waals surface area contributed by atoms with E-state index >= 15 is 0 Å². The number of anilines is 2. The van der Waals surface area contributed by atoms with Gasteiger partial charge in [0, 0.05) is 26.2 Å². The van der Waals surface area contributed by atoms with Crippen LogP contribution in [-0.2, 0) is 4.74 Å². The molecule has 138 valence electrons. The van der Waals surface area contributed by atoms with Crippen LogP contribution >= 0.6 is 23.2 Å². The molecule has 0 unspecified atom stereocenters. The molecule has 6 nitrogen and oxygen atoms in total. The van der Waals surface area contributed by atoms with Gasteiger partial charge in [-0.15, -0.1) is 0 Å². The van der Waals surface area contributed by atoms with Gasteiger partial charge in [-0.25, -0.2) is 4.98 Å². The Balaban J connectivity index is 1.52. The highest BCUT2D eigenvalue weighted by Crippen LogP contribution is 2.32. The SMILES string of the molecule is O=C(NCCN1CCOCC1)c1ccc(Nc2c(Cl)cccc2Cl)cn1. The monoisotopic (exact) mass is 394 g/mol. The summed E-state index contributed by atoms with van der Waals surface area (Å²) in [5.41, 5.74) is 1.67. The number of aromatic nitrogens is 1. The van der Waals surface area contributed by atoms with Crippen LogP contribution in [0.4, 0.5) is 11.4 Å². The van der Waals surface area contributed by atoms with E-state index in [1.807, 2.05) is 0 Å². The maximum absolute atomic E-state index is 12.2. The Labute approximate surface area is 162 Å². The largest absolute Gasteiger partial charge is 0.379 e. The van der Waals surface area contributed by atoms with Crippen molar-refractivity contribution in [1.82, 2.24) is 15.2 Å². The van der Waals surface area contributed by atoms with Crippen LogP contribution in [0.2, 0.25) is 10.0 Å². The Morgan fingerprint density at radius 3 is 2.54 bits per heavy atom. The first-order chi connectivity index (χ1) is 12.6. The summed E-state index contributed by atoms with van der Waals surface area (Å²) in [6.45, 7) is 4.69. The number of hydrogen-bond donors (Lipinski definition) is 2. The van der Waals surface area contributed by atoms with Crippen molar-refractivity contribution in [3.63, 3.8) is 0 Å². The lowest BCUT2D eigenvalue weighted by Gasteiger charge is -2.26. The third kappa shape index (κ3) is 5.08. The molecule has 1 saturated heterocycles. The average molecular weight is 395 g/mol. The number of carbonyl (C=O) groups is 1. The van der Waals surface area contributed by atoms with Crippen molar-refractivity contribution in [2.24, 2.45) is 0 Å². The summed E-state index contributed by atoms with van der Waals surface area (Å²) >= 11 is 12.3. The average Bonchev–Trinajstić information content (AvgIpc) is 2.66. The second-order valence-corrected chi connectivity index (χ2v) is 6.68. The highest BCUT2D eigenvalue weighted by Gasteiger charge is 2.12. The van der Waals surface area contributed by atoms with Gasteiger partial charge in [0.25, 0.3) is 5.91 Å². The second kappa shape index (κ2) is 9.19. The molecule has 1 fully saturated rings. The molecule has 0 spiro atoms. The van der Waals surface area contributed by atoms with Crippen molar-refractivity contribution in [2.45, 2.75) is 0 Å². The van der Waals surface area contributed by atoms with Gasteiger partial charge in [0.15, 0.2) is 0 Å². The molecule has 1 aromatic heterocycles. The van der Waals surface area contributed by atoms with Gasteiger partial charge in [-0.05, 0) is 24.3 Å². The molecule has 2 aromatic rings. The Bertz CT molecular complexity index is 729. The van der Waals surface area contributed by atoms with Crippen LogP contribution in [0.15, 0.2) is 36.5 Å². The van der Waals surface area contributed by atoms with E-state index < -0.39 is 0 Å². The van der Waals surface area contributed by atoms with Gasteiger partial charge in [0.2, 0.25) is 0 Å². The molecule has 0 radical (unpaired) electrons. The molecule has 1 aliphatic rings. The van der Waals surface area contributed by atoms with Gasteiger partial charge in [-0.1, -0.05) is 29.3 Å². The molecule has 26 heavy (non-hydrogen) atoms. The molecular formula is C18H20Cl2N4O2. The lowest BCUT2D eigenvalue weighted by atomic mass is 10.2. The third-order valence-corrected chi connectivity index (χ3v) is 4.68. The normalized spacial score (nSPS) is 14.8. The van der Waals surface area contributed by atoms with Crippen molar-refractivity contribution in [3.8, 4) is 0 Å². The van der Waals surface area contributed by atoms with Gasteiger partial charge in [0.1, 0.15) is 5.69 Å². The van der Waals surface area contributed by atoms with Gasteiger partial charge < -0.3 is 15.4 Å². The zero-order valence-electron chi connectivity index (χ0n) is 14.2. The zero-order valence-corrected chi connectivity index (χ0v) is 15.7. The Hall–Kier alpha value is -1.86. The number of benzene rings is 1. The van der Waals surface area contributed by atoms with Crippen molar-refractivity contribution < 1.29 is 9.53 Å². The van der Waals surface area contributed by atoms with E-state index in [-0.39, 0.29) is 5.91 Å². The highest BCUT2D eigenvalue weighted by atomic mass is 35.5. The molecule has 2 N–H and O–H groups in total. The Kier molecular flexibility index (Phi) is 6.68. The van der Waals surface area contributed by atoms with Crippen LogP contribution in [-0.4, -0.2) is 55.2 Å². The topological polar surface area (TPSA) is 66.5 Å². The fraction of sp³-hybridized carbons (Fsp3) is 0.333. The van der Waals surface area contributed by atoms with Crippen molar-refractivity contribution in [3.05, 3.63) is 52.3 Å². The van der Waals surface area contributed by atoms with Crippen LogP contribution in [0.1, 0.15) is 10.5 Å². The number of rotatable bonds is 6. The summed E-state index contributed by atoms with van der Waals surface area (Å²) in [5.74, 6) is -0.194. The molecule has 3 rings (SSSR count). The molecule has 1 aliphatic heterocycles. The Morgan fingerprint density at radius 1 is 1.15 bits per heavy atom. The van der Waals surface area contributed by atoms with Crippen LogP contribution in [0.25, 0.3) is 0 Å². The molecule has 1 aromatic carbocycles. The lowest BCUT2D eigenvalue weighted by Crippen LogP contribution is -2.41. The number of pyridine rings is 1. The summed E-state index contributed by atoms with van der Waals surface area (Å²) in [6, 6.07) is 8.71. The number of nitrogens with one attached hydrogen (secondary N) is 2. The van der Waals surface area contributed by atoms with E-state index in [9.17, 15) is 4.79 Å². The molecule has 0 atom stereocenters. The van der Waals surface area contributed by atoms with E-state index in [1.165, 1.54) is 0 Å². The summed E-state index contributed by atoms with van der Waals surface area (Å²) in [5, 5.41) is 7.04. The predicted molar refractivity (Wildman–Crippen MR) is 104 cm³/mol. The summed E-state index contributed by atoms with van der Waals surface area (Å²) in [7, 11) is 0. The minimum atomic E-state index is -0.194. The summed E-state index contributed by atoms with van der Waals surface area (Å²) in [4.78, 5) is 18.7. The minimum absolute atomic E-state index is 0.194. The van der Waals surface area contributed by atoms with Gasteiger partial charge >= 0.3 is 0 Å². The van der Waals surface area contributed by atoms with Gasteiger partial charge in [-0.3, -0.25) is 9.69 Å². The van der Waals surface area contributed by atoms with Crippen LogP contribution in [0, 0.1) is 0 Å². The molecule has 2 heterocycles. The molecular weight excluding hydrogens is 375 g/mol. The van der Waals surface area contributed by atoms with Crippen molar-refractivity contribution >= 4 is 40.5 Å². The van der Waals surface area contributed by atoms with E-state index in [2.05, 4.69) is 20.5 Å². The lowest BCUT2D eigenvalue weighted by molar-refractivity contribution is 0.0383. The standard InChI is InChI=1S/C18H20Cl2N4O2/c19-14-2-1-3-15(20)17(14)23-13-4-5-16(22-12-13)18(25)21-6-7-24-8-10-26-11-9-24/h1-5,12,23H,6-11H2,(H,21,25). The number of nitrogens with zero attached hydrogens (tertiary/aromatic N) is 2. The summed E-state index contributed by atoms with van der Waals surface area (Å²) in [6.07, 6.45) is 1.58. The number of halogens is 2. The molecule has 1 amide bonds. The van der Waals surface area contributed by atoms with E-state index in [0.717, 1.165) is 32.8 Å². The third-order valence-electron chi connectivity index (χ3n) is 4.05. The van der Waals surface area contributed by atoms with E-state index in [4.69, 9.17) is 27.9 Å². The number of carbonyl (C=O) groups excluding carboxylic acids is 1. The first-order valence-electron chi connectivity index (χ1n) is 8.39. The van der Waals surface area contributed by atoms with Crippen LogP contribution in [0.3, 0.4) is 0 Å². The second-order valence-electron chi connectivity index (χ2n) is 5.86. The molecule has 0 aliphatic carbocycles. The number of amides is 1. The zero-order chi connectivity index (χ0) is 18.4. The fourth-order valence-electron chi connectivity index (χ4n) is 2.61. The van der Waals surface area contributed by atoms with Crippen LogP contribution in [0.5, 0.6) is 0 Å². The molecule has 0 saturated carbocycles. The van der Waals surface area contributed by atoms with E-state index in [0.29, 0.717) is 33.7 Å². The number of morpholine rings is 1. The number of para-hydroxylation sites is 1. The molecule has 8 heteroatoms. The first-order valence-corrected chi connectivity index (χ1v) is 9.14. The highest BCUT2D eigenvalue weighted by molar-refractivity contribution is 6.39. The van der Waals surface area contributed by atoms with Gasteiger partial charge in [-0.2, -0.15) is 0 Å². The van der Waals surface area contributed by atoms with Crippen molar-refractivity contribution in [1.29, 1.82) is 0 Å². The van der Waals surface area contributed by atoms with Crippen LogP contribution < -0.4 is 10.6 Å².